The van der Waals surface area contributed by atoms with Crippen molar-refractivity contribution in [3.63, 3.8) is 0 Å². The number of halogens is 2. The lowest BCUT2D eigenvalue weighted by Crippen LogP contribution is -2.50. The van der Waals surface area contributed by atoms with Crippen molar-refractivity contribution in [1.82, 2.24) is 5.32 Å². The monoisotopic (exact) mass is 359 g/mol. The lowest BCUT2D eigenvalue weighted by atomic mass is 9.79. The maximum absolute atomic E-state index is 12.4. The molecule has 8 heteroatoms. The first-order valence-electron chi connectivity index (χ1n) is 7.28. The third-order valence-electron chi connectivity index (χ3n) is 3.93. The molecule has 1 aromatic rings. The Hall–Kier alpha value is -1.34. The van der Waals surface area contributed by atoms with Crippen LogP contribution in [0.25, 0.3) is 0 Å². The van der Waals surface area contributed by atoms with Crippen molar-refractivity contribution < 1.29 is 14.3 Å². The maximum atomic E-state index is 12.4. The number of amides is 2. The van der Waals surface area contributed by atoms with E-state index in [1.807, 2.05) is 0 Å². The fourth-order valence-corrected chi connectivity index (χ4v) is 2.76. The summed E-state index contributed by atoms with van der Waals surface area (Å²) in [5.41, 5.74) is 5.50. The van der Waals surface area contributed by atoms with E-state index in [1.54, 1.807) is 18.2 Å². The van der Waals surface area contributed by atoms with Gasteiger partial charge in [0.15, 0.2) is 0 Å². The summed E-state index contributed by atoms with van der Waals surface area (Å²) < 4.78 is 5.26. The lowest BCUT2D eigenvalue weighted by Gasteiger charge is -2.34. The third-order valence-corrected chi connectivity index (χ3v) is 4.50. The fourth-order valence-electron chi connectivity index (χ4n) is 2.42. The van der Waals surface area contributed by atoms with Crippen LogP contribution in [0.1, 0.15) is 12.8 Å². The standard InChI is InChI=1S/C15H19Cl2N3O3/c16-10-1-2-11(17)12(7-10)20-13(21)8-19-14(22)15(9-18)3-5-23-6-4-15/h1-2,7H,3-6,8-9,18H2,(H,19,22)(H,20,21). The Morgan fingerprint density at radius 1 is 1.26 bits per heavy atom. The minimum atomic E-state index is -0.660. The van der Waals surface area contributed by atoms with Gasteiger partial charge < -0.3 is 21.1 Å². The van der Waals surface area contributed by atoms with Crippen LogP contribution in [-0.4, -0.2) is 38.1 Å². The van der Waals surface area contributed by atoms with E-state index in [1.165, 1.54) is 0 Å². The highest BCUT2D eigenvalue weighted by molar-refractivity contribution is 6.35. The number of hydrogen-bond acceptors (Lipinski definition) is 4. The molecule has 1 aliphatic heterocycles. The molecule has 0 spiro atoms. The van der Waals surface area contributed by atoms with Crippen LogP contribution in [0.5, 0.6) is 0 Å². The molecular weight excluding hydrogens is 341 g/mol. The molecule has 6 nitrogen and oxygen atoms in total. The number of rotatable bonds is 5. The van der Waals surface area contributed by atoms with Crippen LogP contribution in [0.4, 0.5) is 5.69 Å². The Morgan fingerprint density at radius 3 is 2.61 bits per heavy atom. The summed E-state index contributed by atoms with van der Waals surface area (Å²) >= 11 is 11.8. The van der Waals surface area contributed by atoms with Gasteiger partial charge in [-0.05, 0) is 31.0 Å². The smallest absolute Gasteiger partial charge is 0.243 e. The van der Waals surface area contributed by atoms with Gasteiger partial charge in [-0.3, -0.25) is 9.59 Å². The Bertz CT molecular complexity index is 589. The van der Waals surface area contributed by atoms with E-state index >= 15 is 0 Å². The van der Waals surface area contributed by atoms with Gasteiger partial charge in [0.1, 0.15) is 0 Å². The van der Waals surface area contributed by atoms with E-state index in [2.05, 4.69) is 10.6 Å². The second-order valence-corrected chi connectivity index (χ2v) is 6.30. The highest BCUT2D eigenvalue weighted by Gasteiger charge is 2.38. The molecule has 0 bridgehead atoms. The molecule has 0 aromatic heterocycles. The summed E-state index contributed by atoms with van der Waals surface area (Å²) in [6.07, 6.45) is 1.11. The van der Waals surface area contributed by atoms with Crippen LogP contribution in [-0.2, 0) is 14.3 Å². The van der Waals surface area contributed by atoms with E-state index in [0.29, 0.717) is 41.8 Å². The van der Waals surface area contributed by atoms with Crippen LogP contribution in [0.2, 0.25) is 10.0 Å². The SMILES string of the molecule is NCC1(C(=O)NCC(=O)Nc2cc(Cl)ccc2Cl)CCOCC1. The Balaban J connectivity index is 1.90. The molecule has 1 fully saturated rings. The van der Waals surface area contributed by atoms with Gasteiger partial charge in [-0.2, -0.15) is 0 Å². The Labute approximate surface area is 144 Å². The number of carbonyl (C=O) groups excluding carboxylic acids is 2. The zero-order valence-electron chi connectivity index (χ0n) is 12.5. The maximum Gasteiger partial charge on any atom is 0.243 e. The normalized spacial score (nSPS) is 16.7. The number of anilines is 1. The highest BCUT2D eigenvalue weighted by atomic mass is 35.5. The molecule has 126 valence electrons. The number of carbonyl (C=O) groups is 2. The molecule has 0 unspecified atom stereocenters. The van der Waals surface area contributed by atoms with Gasteiger partial charge in [0.25, 0.3) is 0 Å². The molecule has 4 N–H and O–H groups in total. The van der Waals surface area contributed by atoms with Crippen LogP contribution in [0, 0.1) is 5.41 Å². The van der Waals surface area contributed by atoms with Crippen molar-refractivity contribution in [1.29, 1.82) is 0 Å². The van der Waals surface area contributed by atoms with Gasteiger partial charge >= 0.3 is 0 Å². The minimum Gasteiger partial charge on any atom is -0.381 e. The van der Waals surface area contributed by atoms with E-state index in [0.717, 1.165) is 0 Å². The van der Waals surface area contributed by atoms with Crippen LogP contribution in [0.15, 0.2) is 18.2 Å². The molecule has 23 heavy (non-hydrogen) atoms. The summed E-state index contributed by atoms with van der Waals surface area (Å²) in [7, 11) is 0. The quantitative estimate of drug-likeness (QED) is 0.747. The largest absolute Gasteiger partial charge is 0.381 e. The van der Waals surface area contributed by atoms with Crippen molar-refractivity contribution in [2.75, 3.05) is 31.6 Å². The predicted molar refractivity (Wildman–Crippen MR) is 89.6 cm³/mol. The Kier molecular flexibility index (Phi) is 6.24. The van der Waals surface area contributed by atoms with Crippen molar-refractivity contribution in [3.05, 3.63) is 28.2 Å². The average Bonchev–Trinajstić information content (AvgIpc) is 2.56. The number of nitrogens with one attached hydrogen (secondary N) is 2. The van der Waals surface area contributed by atoms with Crippen LogP contribution >= 0.6 is 23.2 Å². The van der Waals surface area contributed by atoms with Crippen LogP contribution < -0.4 is 16.4 Å². The fraction of sp³-hybridized carbons (Fsp3) is 0.467. The van der Waals surface area contributed by atoms with Gasteiger partial charge in [-0.25, -0.2) is 0 Å². The summed E-state index contributed by atoms with van der Waals surface area (Å²) in [4.78, 5) is 24.3. The first-order chi connectivity index (χ1) is 11.0. The molecule has 1 aliphatic rings. The van der Waals surface area contributed by atoms with E-state index in [4.69, 9.17) is 33.7 Å². The zero-order chi connectivity index (χ0) is 16.9. The van der Waals surface area contributed by atoms with Crippen molar-refractivity contribution in [2.24, 2.45) is 11.1 Å². The molecular formula is C15H19Cl2N3O3. The molecule has 1 aromatic carbocycles. The summed E-state index contributed by atoms with van der Waals surface area (Å²) in [6.45, 7) is 1.05. The van der Waals surface area contributed by atoms with Gasteiger partial charge in [0, 0.05) is 24.8 Å². The lowest BCUT2D eigenvalue weighted by molar-refractivity contribution is -0.137. The van der Waals surface area contributed by atoms with Gasteiger partial charge in [-0.15, -0.1) is 0 Å². The first-order valence-corrected chi connectivity index (χ1v) is 8.03. The molecule has 0 atom stereocenters. The van der Waals surface area contributed by atoms with Crippen LogP contribution in [0.3, 0.4) is 0 Å². The number of benzene rings is 1. The average molecular weight is 360 g/mol. The molecule has 0 radical (unpaired) electrons. The Morgan fingerprint density at radius 2 is 1.96 bits per heavy atom. The third kappa shape index (κ3) is 4.57. The molecule has 1 heterocycles. The van der Waals surface area contributed by atoms with E-state index < -0.39 is 5.41 Å². The molecule has 0 saturated carbocycles. The molecule has 2 rings (SSSR count). The second kappa shape index (κ2) is 7.97. The molecule has 1 saturated heterocycles. The number of nitrogens with two attached hydrogens (primary N) is 1. The first kappa shape index (κ1) is 18.0. The number of ether oxygens (including phenoxy) is 1. The molecule has 2 amide bonds. The van der Waals surface area contributed by atoms with E-state index in [9.17, 15) is 9.59 Å². The van der Waals surface area contributed by atoms with Crippen molar-refractivity contribution in [3.8, 4) is 0 Å². The van der Waals surface area contributed by atoms with Crippen molar-refractivity contribution >= 4 is 40.7 Å². The van der Waals surface area contributed by atoms with E-state index in [-0.39, 0.29) is 24.9 Å². The topological polar surface area (TPSA) is 93.5 Å². The summed E-state index contributed by atoms with van der Waals surface area (Å²) in [5, 5.41) is 6.08. The zero-order valence-corrected chi connectivity index (χ0v) is 14.0. The molecule has 0 aliphatic carbocycles. The second-order valence-electron chi connectivity index (χ2n) is 5.45. The van der Waals surface area contributed by atoms with Gasteiger partial charge in [0.2, 0.25) is 11.8 Å². The number of hydrogen-bond donors (Lipinski definition) is 3. The predicted octanol–water partition coefficient (Wildman–Crippen LogP) is 1.80. The van der Waals surface area contributed by atoms with Crippen molar-refractivity contribution in [2.45, 2.75) is 12.8 Å². The minimum absolute atomic E-state index is 0.162. The summed E-state index contributed by atoms with van der Waals surface area (Å²) in [6, 6.07) is 4.75. The van der Waals surface area contributed by atoms with Gasteiger partial charge in [0.05, 0.1) is 22.7 Å². The highest BCUT2D eigenvalue weighted by Crippen LogP contribution is 2.29. The van der Waals surface area contributed by atoms with Gasteiger partial charge in [-0.1, -0.05) is 23.2 Å². The summed E-state index contributed by atoms with van der Waals surface area (Å²) in [5.74, 6) is -0.614.